The van der Waals surface area contributed by atoms with Crippen LogP contribution in [0.4, 0.5) is 22.7 Å². The predicted octanol–water partition coefficient (Wildman–Crippen LogP) is 14.2. The molecule has 0 unspecified atom stereocenters. The van der Waals surface area contributed by atoms with Crippen LogP contribution >= 0.6 is 45.9 Å². The maximum atomic E-state index is 13.8. The summed E-state index contributed by atoms with van der Waals surface area (Å²) in [5, 5.41) is 25.1. The van der Waals surface area contributed by atoms with Crippen molar-refractivity contribution in [3.63, 3.8) is 0 Å². The molecule has 0 saturated heterocycles. The summed E-state index contributed by atoms with van der Waals surface area (Å²) in [6.07, 6.45) is 6.93. The smallest absolute Gasteiger partial charge is 0.291 e. The van der Waals surface area contributed by atoms with Crippen molar-refractivity contribution in [3.05, 3.63) is 212 Å². The van der Waals surface area contributed by atoms with Gasteiger partial charge in [0, 0.05) is 79.3 Å². The van der Waals surface area contributed by atoms with Gasteiger partial charge in [0.1, 0.15) is 32.8 Å². The van der Waals surface area contributed by atoms with Crippen molar-refractivity contribution in [3.8, 4) is 66.2 Å². The fourth-order valence-corrected chi connectivity index (χ4v) is 9.94. The number of benzene rings is 5. The maximum absolute atomic E-state index is 13.8. The fourth-order valence-electron chi connectivity index (χ4n) is 8.06. The van der Waals surface area contributed by atoms with Gasteiger partial charge in [-0.3, -0.25) is 19.6 Å². The van der Waals surface area contributed by atoms with Crippen molar-refractivity contribution >= 4 is 79.4 Å². The molecule has 354 valence electrons. The third kappa shape index (κ3) is 10.1. The van der Waals surface area contributed by atoms with Crippen LogP contribution in [0, 0.1) is 0 Å². The first-order valence-corrected chi connectivity index (χ1v) is 25.4. The first-order valence-electron chi connectivity index (χ1n) is 22.9. The number of anilines is 4. The number of nitrogens with zero attached hydrogens (tertiary/aromatic N) is 8. The molecule has 11 rings (SSSR count). The number of rotatable bonds is 12. The monoisotopic (exact) mass is 1020 g/mol. The van der Waals surface area contributed by atoms with Gasteiger partial charge in [0.2, 0.25) is 0 Å². The predicted molar refractivity (Wildman–Crippen MR) is 295 cm³/mol. The van der Waals surface area contributed by atoms with Crippen LogP contribution in [-0.4, -0.2) is 39.5 Å². The SMILES string of the molecule is CCn1nc(-c2ccccc2)c(-c2csc(-c3ccc(Cl)cc3)n2)c(Nc2cccnc2)c1=O.CCn1nc(-c2ccccc2)c(-c2csc(-c3ccc(Cl)cc3)n2)c(Nc2cncc3ccccc23)c1=O. The zero-order valence-corrected chi connectivity index (χ0v) is 41.8. The van der Waals surface area contributed by atoms with E-state index in [1.807, 2.05) is 176 Å². The van der Waals surface area contributed by atoms with Crippen molar-refractivity contribution < 1.29 is 0 Å². The Kier molecular flexibility index (Phi) is 14.2. The Balaban J connectivity index is 0.000000167. The maximum Gasteiger partial charge on any atom is 0.291 e. The molecule has 72 heavy (non-hydrogen) atoms. The van der Waals surface area contributed by atoms with E-state index < -0.39 is 0 Å². The fraction of sp³-hybridized carbons (Fsp3) is 0.0714. The van der Waals surface area contributed by atoms with E-state index in [-0.39, 0.29) is 11.1 Å². The molecule has 11 aromatic rings. The lowest BCUT2D eigenvalue weighted by Gasteiger charge is -2.17. The molecule has 0 aliphatic carbocycles. The third-order valence-corrected chi connectivity index (χ3v) is 13.9. The third-order valence-electron chi connectivity index (χ3n) is 11.6. The number of pyridine rings is 2. The molecule has 0 fully saturated rings. The van der Waals surface area contributed by atoms with Crippen molar-refractivity contribution in [1.29, 1.82) is 0 Å². The van der Waals surface area contributed by atoms with Crippen LogP contribution < -0.4 is 21.8 Å². The summed E-state index contributed by atoms with van der Waals surface area (Å²) < 4.78 is 2.95. The number of fused-ring (bicyclic) bond motifs is 1. The topological polar surface area (TPSA) is 145 Å². The molecule has 16 heteroatoms. The first-order chi connectivity index (χ1) is 35.3. The minimum Gasteiger partial charge on any atom is -0.349 e. The standard InChI is InChI=1S/C30H22ClN5OS.C26H20ClN5OS/c1-2-36-30(37)28(33-24-17-32-16-21-10-6-7-11-23(21)24)26(27(35-36)19-8-4-3-5-9-19)25-18-38-29(34-25)20-12-14-22(31)15-13-20;1-2-32-26(33)24(29-20-9-6-14-28-15-20)22(23(31-32)17-7-4-3-5-8-17)21-16-34-25(30-21)18-10-12-19(27)13-11-18/h3-18,33H,2H2,1H3;3-16,29H,2H2,1H3. The lowest BCUT2D eigenvalue weighted by atomic mass is 10.0. The summed E-state index contributed by atoms with van der Waals surface area (Å²) >= 11 is 15.2. The van der Waals surface area contributed by atoms with E-state index in [9.17, 15) is 9.59 Å². The van der Waals surface area contributed by atoms with Crippen molar-refractivity contribution in [2.75, 3.05) is 10.6 Å². The molecule has 6 aromatic heterocycles. The highest BCUT2D eigenvalue weighted by atomic mass is 35.5. The Morgan fingerprint density at radius 2 is 1.01 bits per heavy atom. The number of thiazole rings is 2. The van der Waals surface area contributed by atoms with Crippen LogP contribution in [-0.2, 0) is 13.1 Å². The van der Waals surface area contributed by atoms with Crippen LogP contribution in [0.5, 0.6) is 0 Å². The van der Waals surface area contributed by atoms with Gasteiger partial charge in [0.25, 0.3) is 11.1 Å². The zero-order chi connectivity index (χ0) is 49.6. The molecule has 0 amide bonds. The Labute approximate surface area is 432 Å². The highest BCUT2D eigenvalue weighted by molar-refractivity contribution is 7.13. The summed E-state index contributed by atoms with van der Waals surface area (Å²) in [5.74, 6) is 0. The number of aryl methyl sites for hydroxylation is 2. The number of halogens is 2. The van der Waals surface area contributed by atoms with E-state index in [1.165, 1.54) is 32.0 Å². The molecule has 5 aromatic carbocycles. The van der Waals surface area contributed by atoms with Gasteiger partial charge in [0.05, 0.1) is 46.3 Å². The molecule has 0 spiro atoms. The molecule has 0 saturated carbocycles. The summed E-state index contributed by atoms with van der Waals surface area (Å²) in [6, 6.07) is 46.5. The molecule has 6 heterocycles. The highest BCUT2D eigenvalue weighted by Crippen LogP contribution is 2.41. The van der Waals surface area contributed by atoms with E-state index in [2.05, 4.69) is 20.6 Å². The van der Waals surface area contributed by atoms with E-state index in [4.69, 9.17) is 43.4 Å². The number of nitrogens with one attached hydrogen (secondary N) is 2. The number of aromatic nitrogens is 8. The second kappa shape index (κ2) is 21.5. The molecule has 2 N–H and O–H groups in total. The van der Waals surface area contributed by atoms with E-state index in [0.29, 0.717) is 74.1 Å². The van der Waals surface area contributed by atoms with Crippen LogP contribution in [0.25, 0.3) is 76.9 Å². The molecule has 0 bridgehead atoms. The number of hydrogen-bond acceptors (Lipinski definition) is 12. The van der Waals surface area contributed by atoms with Gasteiger partial charge in [-0.1, -0.05) is 132 Å². The Bertz CT molecular complexity index is 3790. The van der Waals surface area contributed by atoms with Gasteiger partial charge in [-0.25, -0.2) is 19.3 Å². The minimum atomic E-state index is -0.226. The highest BCUT2D eigenvalue weighted by Gasteiger charge is 2.25. The zero-order valence-electron chi connectivity index (χ0n) is 38.7. The number of hydrogen-bond donors (Lipinski definition) is 2. The largest absolute Gasteiger partial charge is 0.349 e. The van der Waals surface area contributed by atoms with Crippen LogP contribution in [0.3, 0.4) is 0 Å². The van der Waals surface area contributed by atoms with Gasteiger partial charge < -0.3 is 10.6 Å². The van der Waals surface area contributed by atoms with Crippen LogP contribution in [0.15, 0.2) is 191 Å². The molecule has 0 aliphatic heterocycles. The normalized spacial score (nSPS) is 11.0. The Morgan fingerprint density at radius 3 is 1.51 bits per heavy atom. The lowest BCUT2D eigenvalue weighted by Crippen LogP contribution is -2.26. The summed E-state index contributed by atoms with van der Waals surface area (Å²) in [5.41, 5.74) is 9.53. The molecular formula is C56H42Cl2N10O2S2. The molecule has 0 aliphatic rings. The summed E-state index contributed by atoms with van der Waals surface area (Å²) in [4.78, 5) is 45.7. The quantitative estimate of drug-likeness (QED) is 0.121. The van der Waals surface area contributed by atoms with E-state index in [1.54, 1.807) is 18.6 Å². The van der Waals surface area contributed by atoms with Gasteiger partial charge in [-0.15, -0.1) is 22.7 Å². The molecule has 0 atom stereocenters. The van der Waals surface area contributed by atoms with Gasteiger partial charge in [-0.05, 0) is 50.2 Å². The Hall–Kier alpha value is -8.14. The minimum absolute atomic E-state index is 0.220. The van der Waals surface area contributed by atoms with Crippen molar-refractivity contribution in [1.82, 2.24) is 39.5 Å². The average molecular weight is 1020 g/mol. The second-order valence-electron chi connectivity index (χ2n) is 16.2. The van der Waals surface area contributed by atoms with Gasteiger partial charge in [0.15, 0.2) is 0 Å². The van der Waals surface area contributed by atoms with E-state index >= 15 is 0 Å². The Morgan fingerprint density at radius 1 is 0.514 bits per heavy atom. The summed E-state index contributed by atoms with van der Waals surface area (Å²) in [7, 11) is 0. The van der Waals surface area contributed by atoms with Crippen molar-refractivity contribution in [2.24, 2.45) is 0 Å². The van der Waals surface area contributed by atoms with E-state index in [0.717, 1.165) is 48.7 Å². The lowest BCUT2D eigenvalue weighted by molar-refractivity contribution is 0.621. The molecule has 0 radical (unpaired) electrons. The molecular weight excluding hydrogens is 980 g/mol. The van der Waals surface area contributed by atoms with Crippen molar-refractivity contribution in [2.45, 2.75) is 26.9 Å². The second-order valence-corrected chi connectivity index (χ2v) is 18.7. The average Bonchev–Trinajstić information content (AvgIpc) is 4.13. The van der Waals surface area contributed by atoms with Gasteiger partial charge in [-0.2, -0.15) is 10.2 Å². The van der Waals surface area contributed by atoms with Gasteiger partial charge >= 0.3 is 0 Å². The van der Waals surface area contributed by atoms with Crippen LogP contribution in [0.2, 0.25) is 10.0 Å². The summed E-state index contributed by atoms with van der Waals surface area (Å²) in [6.45, 7) is 4.67. The first kappa shape index (κ1) is 47.5. The van der Waals surface area contributed by atoms with Crippen LogP contribution in [0.1, 0.15) is 13.8 Å². The molecule has 12 nitrogen and oxygen atoms in total.